The molecule has 2 aromatic rings. The Hall–Kier alpha value is -1.88. The second-order valence-electron chi connectivity index (χ2n) is 3.44. The lowest BCUT2D eigenvalue weighted by atomic mass is 10.1. The van der Waals surface area contributed by atoms with Crippen molar-refractivity contribution in [2.45, 2.75) is 19.6 Å². The van der Waals surface area contributed by atoms with Crippen molar-refractivity contribution in [3.05, 3.63) is 52.2 Å². The van der Waals surface area contributed by atoms with Gasteiger partial charge in [0.2, 0.25) is 0 Å². The number of aliphatic hydroxyl groups is 1. The number of H-pyrrole nitrogens is 1. The first kappa shape index (κ1) is 10.6. The summed E-state index contributed by atoms with van der Waals surface area (Å²) >= 11 is 0. The van der Waals surface area contributed by atoms with E-state index in [1.54, 1.807) is 12.1 Å². The highest BCUT2D eigenvalue weighted by atomic mass is 16.3. The molecule has 0 saturated carbocycles. The Bertz CT molecular complexity index is 516. The van der Waals surface area contributed by atoms with Crippen molar-refractivity contribution in [2.75, 3.05) is 0 Å². The van der Waals surface area contributed by atoms with E-state index in [2.05, 4.69) is 10.2 Å². The molecular weight excluding hydrogens is 206 g/mol. The monoisotopic (exact) mass is 219 g/mol. The molecule has 16 heavy (non-hydrogen) atoms. The molecule has 0 aliphatic rings. The zero-order valence-corrected chi connectivity index (χ0v) is 8.92. The molecule has 1 aromatic heterocycles. The van der Waals surface area contributed by atoms with Crippen LogP contribution in [0.2, 0.25) is 0 Å². The van der Waals surface area contributed by atoms with E-state index < -0.39 is 6.10 Å². The molecule has 5 nitrogen and oxygen atoms in total. The topological polar surface area (TPSA) is 70.9 Å². The van der Waals surface area contributed by atoms with Gasteiger partial charge in [0.15, 0.2) is 5.82 Å². The van der Waals surface area contributed by atoms with Crippen LogP contribution in [0.3, 0.4) is 0 Å². The van der Waals surface area contributed by atoms with Crippen molar-refractivity contribution in [1.82, 2.24) is 14.8 Å². The highest BCUT2D eigenvalue weighted by Crippen LogP contribution is 2.18. The quantitative estimate of drug-likeness (QED) is 0.797. The van der Waals surface area contributed by atoms with Crippen molar-refractivity contribution in [2.24, 2.45) is 0 Å². The fourth-order valence-corrected chi connectivity index (χ4v) is 1.63. The maximum atomic E-state index is 11.3. The highest BCUT2D eigenvalue weighted by molar-refractivity contribution is 5.22. The smallest absolute Gasteiger partial charge is 0.343 e. The lowest BCUT2D eigenvalue weighted by Gasteiger charge is -2.10. The van der Waals surface area contributed by atoms with E-state index in [-0.39, 0.29) is 5.69 Å². The number of rotatable bonds is 3. The minimum absolute atomic E-state index is 0.299. The van der Waals surface area contributed by atoms with Gasteiger partial charge in [-0.15, -0.1) is 0 Å². The Balaban J connectivity index is 2.42. The van der Waals surface area contributed by atoms with Crippen molar-refractivity contribution in [1.29, 1.82) is 0 Å². The largest absolute Gasteiger partial charge is 0.380 e. The average molecular weight is 219 g/mol. The van der Waals surface area contributed by atoms with Gasteiger partial charge in [-0.3, -0.25) is 4.57 Å². The molecule has 0 bridgehead atoms. The summed E-state index contributed by atoms with van der Waals surface area (Å²) < 4.78 is 1.41. The van der Waals surface area contributed by atoms with Crippen LogP contribution >= 0.6 is 0 Å². The molecule has 84 valence electrons. The van der Waals surface area contributed by atoms with E-state index in [4.69, 9.17) is 0 Å². The molecule has 0 saturated heterocycles. The van der Waals surface area contributed by atoms with Crippen LogP contribution in [0.4, 0.5) is 0 Å². The SMILES string of the molecule is CCn1c(C(O)c2ccccc2)n[nH]c1=O. The molecule has 1 heterocycles. The summed E-state index contributed by atoms with van der Waals surface area (Å²) in [6.07, 6.45) is -0.875. The minimum atomic E-state index is -0.875. The molecule has 0 aliphatic heterocycles. The molecule has 2 rings (SSSR count). The zero-order valence-electron chi connectivity index (χ0n) is 8.92. The third-order valence-corrected chi connectivity index (χ3v) is 2.46. The maximum Gasteiger partial charge on any atom is 0.343 e. The van der Waals surface area contributed by atoms with Gasteiger partial charge in [-0.2, -0.15) is 5.10 Å². The minimum Gasteiger partial charge on any atom is -0.380 e. The summed E-state index contributed by atoms with van der Waals surface area (Å²) in [6, 6.07) is 9.13. The lowest BCUT2D eigenvalue weighted by Crippen LogP contribution is -2.19. The zero-order chi connectivity index (χ0) is 11.5. The molecule has 5 heteroatoms. The van der Waals surface area contributed by atoms with E-state index in [1.807, 2.05) is 25.1 Å². The molecule has 1 atom stereocenters. The van der Waals surface area contributed by atoms with Crippen LogP contribution in [0.5, 0.6) is 0 Å². The second-order valence-corrected chi connectivity index (χ2v) is 3.44. The van der Waals surface area contributed by atoms with Crippen LogP contribution in [0, 0.1) is 0 Å². The van der Waals surface area contributed by atoms with Gasteiger partial charge in [0.1, 0.15) is 6.10 Å². The Morgan fingerprint density at radius 1 is 1.44 bits per heavy atom. The van der Waals surface area contributed by atoms with Crippen LogP contribution in [-0.4, -0.2) is 19.9 Å². The van der Waals surface area contributed by atoms with Crippen molar-refractivity contribution in [3.8, 4) is 0 Å². The summed E-state index contributed by atoms with van der Waals surface area (Å²) in [5, 5.41) is 16.2. The summed E-state index contributed by atoms with van der Waals surface area (Å²) in [4.78, 5) is 11.3. The van der Waals surface area contributed by atoms with Gasteiger partial charge < -0.3 is 5.11 Å². The van der Waals surface area contributed by atoms with Gasteiger partial charge in [-0.1, -0.05) is 30.3 Å². The van der Waals surface area contributed by atoms with Crippen LogP contribution in [-0.2, 0) is 6.54 Å². The predicted octanol–water partition coefficient (Wildman–Crippen LogP) is 0.673. The van der Waals surface area contributed by atoms with Crippen molar-refractivity contribution < 1.29 is 5.11 Å². The molecule has 0 amide bonds. The van der Waals surface area contributed by atoms with E-state index in [0.29, 0.717) is 12.4 Å². The van der Waals surface area contributed by atoms with Gasteiger partial charge >= 0.3 is 5.69 Å². The van der Waals surface area contributed by atoms with Crippen LogP contribution in [0.25, 0.3) is 0 Å². The first-order valence-corrected chi connectivity index (χ1v) is 5.12. The molecule has 0 spiro atoms. The molecule has 1 aromatic carbocycles. The number of hydrogen-bond donors (Lipinski definition) is 2. The Kier molecular flexibility index (Phi) is 2.87. The van der Waals surface area contributed by atoms with Crippen molar-refractivity contribution >= 4 is 0 Å². The van der Waals surface area contributed by atoms with Gasteiger partial charge in [-0.05, 0) is 12.5 Å². The standard InChI is InChI=1S/C11H13N3O2/c1-2-14-10(12-13-11(14)16)9(15)8-6-4-3-5-7-8/h3-7,9,15H,2H2,1H3,(H,13,16). The van der Waals surface area contributed by atoms with E-state index >= 15 is 0 Å². The van der Waals surface area contributed by atoms with Crippen molar-refractivity contribution in [3.63, 3.8) is 0 Å². The van der Waals surface area contributed by atoms with Crippen LogP contribution < -0.4 is 5.69 Å². The molecule has 0 aliphatic carbocycles. The number of nitrogens with one attached hydrogen (secondary N) is 1. The third-order valence-electron chi connectivity index (χ3n) is 2.46. The number of aromatic nitrogens is 3. The Morgan fingerprint density at radius 3 is 2.75 bits per heavy atom. The Morgan fingerprint density at radius 2 is 2.12 bits per heavy atom. The molecule has 2 N–H and O–H groups in total. The number of benzene rings is 1. The lowest BCUT2D eigenvalue weighted by molar-refractivity contribution is 0.204. The number of aliphatic hydroxyl groups excluding tert-OH is 1. The van der Waals surface area contributed by atoms with Crippen LogP contribution in [0.1, 0.15) is 24.4 Å². The summed E-state index contributed by atoms with van der Waals surface area (Å²) in [6.45, 7) is 2.31. The Labute approximate surface area is 92.4 Å². The van der Waals surface area contributed by atoms with Gasteiger partial charge in [-0.25, -0.2) is 9.89 Å². The summed E-state index contributed by atoms with van der Waals surface area (Å²) in [5.74, 6) is 0.346. The van der Waals surface area contributed by atoms with Gasteiger partial charge in [0.05, 0.1) is 0 Å². The molecular formula is C11H13N3O2. The third kappa shape index (κ3) is 1.77. The first-order chi connectivity index (χ1) is 7.74. The maximum absolute atomic E-state index is 11.3. The van der Waals surface area contributed by atoms with Crippen LogP contribution in [0.15, 0.2) is 35.1 Å². The molecule has 1 unspecified atom stereocenters. The summed E-state index contributed by atoms with van der Waals surface area (Å²) in [5.41, 5.74) is 0.420. The number of hydrogen-bond acceptors (Lipinski definition) is 3. The number of nitrogens with zero attached hydrogens (tertiary/aromatic N) is 2. The van der Waals surface area contributed by atoms with Gasteiger partial charge in [0, 0.05) is 6.54 Å². The molecule has 0 radical (unpaired) electrons. The predicted molar refractivity (Wildman–Crippen MR) is 59.0 cm³/mol. The second kappa shape index (κ2) is 4.32. The first-order valence-electron chi connectivity index (χ1n) is 5.12. The highest BCUT2D eigenvalue weighted by Gasteiger charge is 2.17. The number of aromatic amines is 1. The molecule has 0 fully saturated rings. The average Bonchev–Trinajstić information content (AvgIpc) is 2.70. The summed E-state index contributed by atoms with van der Waals surface area (Å²) in [7, 11) is 0. The fourth-order valence-electron chi connectivity index (χ4n) is 1.63. The van der Waals surface area contributed by atoms with E-state index in [9.17, 15) is 9.90 Å². The fraction of sp³-hybridized carbons (Fsp3) is 0.273. The van der Waals surface area contributed by atoms with Gasteiger partial charge in [0.25, 0.3) is 0 Å². The normalized spacial score (nSPS) is 12.6. The van der Waals surface area contributed by atoms with E-state index in [1.165, 1.54) is 4.57 Å². The van der Waals surface area contributed by atoms with E-state index in [0.717, 1.165) is 5.56 Å².